The number of rotatable bonds is 4. The predicted molar refractivity (Wildman–Crippen MR) is 71.1 cm³/mol. The molecule has 3 atom stereocenters. The number of fused-ring (bicyclic) bond motifs is 1. The average Bonchev–Trinajstić information content (AvgIpc) is 2.38. The molecule has 1 aliphatic heterocycles. The molecule has 0 fully saturated rings. The molecule has 0 aromatic heterocycles. The van der Waals surface area contributed by atoms with Crippen LogP contribution in [0.4, 0.5) is 0 Å². The average molecular weight is 250 g/mol. The van der Waals surface area contributed by atoms with E-state index in [0.717, 1.165) is 29.9 Å². The van der Waals surface area contributed by atoms with Gasteiger partial charge in [-0.3, -0.25) is 0 Å². The lowest BCUT2D eigenvalue weighted by Crippen LogP contribution is -2.31. The Hall–Kier alpha value is -1.22. The summed E-state index contributed by atoms with van der Waals surface area (Å²) in [5.74, 6) is 2.00. The Labute approximate surface area is 109 Å². The summed E-state index contributed by atoms with van der Waals surface area (Å²) in [7, 11) is 1.64. The minimum absolute atomic E-state index is 0.0968. The molecule has 0 aliphatic carbocycles. The van der Waals surface area contributed by atoms with Crippen molar-refractivity contribution in [1.29, 1.82) is 0 Å². The maximum Gasteiger partial charge on any atom is 0.129 e. The predicted octanol–water partition coefficient (Wildman–Crippen LogP) is 3.32. The highest BCUT2D eigenvalue weighted by atomic mass is 16.5. The van der Waals surface area contributed by atoms with Gasteiger partial charge in [-0.2, -0.15) is 0 Å². The van der Waals surface area contributed by atoms with Crippen LogP contribution >= 0.6 is 0 Å². The van der Waals surface area contributed by atoms with Crippen molar-refractivity contribution < 1.29 is 14.6 Å². The first-order valence-corrected chi connectivity index (χ1v) is 6.68. The van der Waals surface area contributed by atoms with Gasteiger partial charge >= 0.3 is 0 Å². The van der Waals surface area contributed by atoms with Crippen LogP contribution in [0.15, 0.2) is 18.2 Å². The summed E-state index contributed by atoms with van der Waals surface area (Å²) in [5, 5.41) is 10.2. The monoisotopic (exact) mass is 250 g/mol. The third-order valence-electron chi connectivity index (χ3n) is 3.69. The molecule has 0 saturated heterocycles. The van der Waals surface area contributed by atoms with E-state index in [1.54, 1.807) is 7.11 Å². The van der Waals surface area contributed by atoms with Crippen LogP contribution in [-0.4, -0.2) is 18.3 Å². The van der Waals surface area contributed by atoms with Gasteiger partial charge in [0.25, 0.3) is 0 Å². The highest BCUT2D eigenvalue weighted by Crippen LogP contribution is 2.39. The molecule has 1 aliphatic rings. The van der Waals surface area contributed by atoms with Crippen molar-refractivity contribution in [2.45, 2.75) is 45.3 Å². The molecule has 1 aromatic carbocycles. The van der Waals surface area contributed by atoms with Gasteiger partial charge in [0, 0.05) is 18.1 Å². The lowest BCUT2D eigenvalue weighted by atomic mass is 9.90. The minimum atomic E-state index is -0.427. The largest absolute Gasteiger partial charge is 0.497 e. The Morgan fingerprint density at radius 2 is 2.28 bits per heavy atom. The van der Waals surface area contributed by atoms with Crippen LogP contribution in [0.1, 0.15) is 44.8 Å². The summed E-state index contributed by atoms with van der Waals surface area (Å²) in [4.78, 5) is 0. The normalized spacial score (nSPS) is 24.0. The van der Waals surface area contributed by atoms with E-state index in [1.165, 1.54) is 0 Å². The molecule has 0 spiro atoms. The smallest absolute Gasteiger partial charge is 0.129 e. The molecule has 0 saturated carbocycles. The molecule has 0 bridgehead atoms. The molecule has 2 rings (SSSR count). The molecule has 3 heteroatoms. The van der Waals surface area contributed by atoms with Gasteiger partial charge in [-0.15, -0.1) is 0 Å². The zero-order valence-electron chi connectivity index (χ0n) is 11.3. The van der Waals surface area contributed by atoms with Crippen molar-refractivity contribution in [2.24, 2.45) is 5.92 Å². The third kappa shape index (κ3) is 2.61. The van der Waals surface area contributed by atoms with E-state index < -0.39 is 6.10 Å². The molecule has 1 N–H and O–H groups in total. The molecule has 100 valence electrons. The van der Waals surface area contributed by atoms with Crippen LogP contribution in [0.5, 0.6) is 11.5 Å². The Balaban J connectivity index is 2.20. The van der Waals surface area contributed by atoms with Crippen LogP contribution in [0, 0.1) is 5.92 Å². The number of aliphatic hydroxyl groups is 1. The topological polar surface area (TPSA) is 38.7 Å². The summed E-state index contributed by atoms with van der Waals surface area (Å²) in [5.41, 5.74) is 0.871. The van der Waals surface area contributed by atoms with Crippen molar-refractivity contribution in [1.82, 2.24) is 0 Å². The fourth-order valence-electron chi connectivity index (χ4n) is 2.57. The molecular weight excluding hydrogens is 228 g/mol. The quantitative estimate of drug-likeness (QED) is 0.891. The number of methoxy groups -OCH3 is 1. The Kier molecular flexibility index (Phi) is 4.12. The third-order valence-corrected chi connectivity index (χ3v) is 3.69. The van der Waals surface area contributed by atoms with Gasteiger partial charge in [-0.1, -0.05) is 20.3 Å². The molecular formula is C15H22O3. The fourth-order valence-corrected chi connectivity index (χ4v) is 2.57. The summed E-state index contributed by atoms with van der Waals surface area (Å²) < 4.78 is 11.2. The number of aliphatic hydroxyl groups excluding tert-OH is 1. The summed E-state index contributed by atoms with van der Waals surface area (Å²) >= 11 is 0. The van der Waals surface area contributed by atoms with E-state index in [2.05, 4.69) is 13.8 Å². The first-order valence-electron chi connectivity index (χ1n) is 6.68. The first kappa shape index (κ1) is 13.2. The summed E-state index contributed by atoms with van der Waals surface area (Å²) in [6.45, 7) is 4.36. The number of ether oxygens (including phenoxy) is 2. The number of hydrogen-bond donors (Lipinski definition) is 1. The SMILES string of the molecule is CCCC(C)C1C[C@@H](O)c2ccc(OC)cc2O1. The maximum absolute atomic E-state index is 10.2. The Morgan fingerprint density at radius 3 is 2.94 bits per heavy atom. The first-order chi connectivity index (χ1) is 8.65. The van der Waals surface area contributed by atoms with Crippen LogP contribution in [-0.2, 0) is 0 Å². The zero-order valence-corrected chi connectivity index (χ0v) is 11.3. The van der Waals surface area contributed by atoms with Gasteiger partial charge in [0.15, 0.2) is 0 Å². The lowest BCUT2D eigenvalue weighted by Gasteiger charge is -2.33. The van der Waals surface area contributed by atoms with E-state index in [4.69, 9.17) is 9.47 Å². The molecule has 0 radical (unpaired) electrons. The number of hydrogen-bond acceptors (Lipinski definition) is 3. The molecule has 2 unspecified atom stereocenters. The lowest BCUT2D eigenvalue weighted by molar-refractivity contribution is 0.0359. The van der Waals surface area contributed by atoms with Crippen molar-refractivity contribution in [3.8, 4) is 11.5 Å². The van der Waals surface area contributed by atoms with Crippen molar-refractivity contribution >= 4 is 0 Å². The maximum atomic E-state index is 10.2. The van der Waals surface area contributed by atoms with E-state index >= 15 is 0 Å². The van der Waals surface area contributed by atoms with E-state index in [-0.39, 0.29) is 6.10 Å². The highest BCUT2D eigenvalue weighted by Gasteiger charge is 2.30. The van der Waals surface area contributed by atoms with Gasteiger partial charge in [-0.25, -0.2) is 0 Å². The van der Waals surface area contributed by atoms with E-state index in [0.29, 0.717) is 12.3 Å². The van der Waals surface area contributed by atoms with Gasteiger partial charge < -0.3 is 14.6 Å². The summed E-state index contributed by atoms with van der Waals surface area (Å²) in [6, 6.07) is 5.62. The minimum Gasteiger partial charge on any atom is -0.497 e. The zero-order chi connectivity index (χ0) is 13.1. The van der Waals surface area contributed by atoms with E-state index in [9.17, 15) is 5.11 Å². The molecule has 1 heterocycles. The van der Waals surface area contributed by atoms with Gasteiger partial charge in [0.05, 0.1) is 13.2 Å². The molecule has 1 aromatic rings. The van der Waals surface area contributed by atoms with Crippen molar-refractivity contribution in [3.05, 3.63) is 23.8 Å². The van der Waals surface area contributed by atoms with Crippen LogP contribution in [0.3, 0.4) is 0 Å². The van der Waals surface area contributed by atoms with E-state index in [1.807, 2.05) is 18.2 Å². The highest BCUT2D eigenvalue weighted by molar-refractivity contribution is 5.43. The molecule has 0 amide bonds. The molecule has 3 nitrogen and oxygen atoms in total. The Morgan fingerprint density at radius 1 is 1.50 bits per heavy atom. The second-order valence-electron chi connectivity index (χ2n) is 5.08. The fraction of sp³-hybridized carbons (Fsp3) is 0.600. The molecule has 18 heavy (non-hydrogen) atoms. The van der Waals surface area contributed by atoms with Crippen molar-refractivity contribution in [3.63, 3.8) is 0 Å². The Bertz CT molecular complexity index is 403. The van der Waals surface area contributed by atoms with Gasteiger partial charge in [0.2, 0.25) is 0 Å². The van der Waals surface area contributed by atoms with Crippen LogP contribution < -0.4 is 9.47 Å². The second-order valence-corrected chi connectivity index (χ2v) is 5.08. The number of benzene rings is 1. The van der Waals surface area contributed by atoms with Crippen molar-refractivity contribution in [2.75, 3.05) is 7.11 Å². The summed E-state index contributed by atoms with van der Waals surface area (Å²) in [6.07, 6.45) is 2.61. The van der Waals surface area contributed by atoms with Gasteiger partial charge in [0.1, 0.15) is 17.6 Å². The van der Waals surface area contributed by atoms with Crippen LogP contribution in [0.2, 0.25) is 0 Å². The second kappa shape index (κ2) is 5.61. The van der Waals surface area contributed by atoms with Gasteiger partial charge in [-0.05, 0) is 24.5 Å². The standard InChI is InChI=1S/C15H22O3/c1-4-5-10(2)14-9-13(16)12-7-6-11(17-3)8-15(12)18-14/h6-8,10,13-14,16H,4-5,9H2,1-3H3/t10?,13-,14?/m1/s1. The van der Waals surface area contributed by atoms with Crippen LogP contribution in [0.25, 0.3) is 0 Å².